The fraction of sp³-hybridized carbons (Fsp3) is 0.375. The van der Waals surface area contributed by atoms with Crippen molar-refractivity contribution in [2.75, 3.05) is 7.11 Å². The minimum absolute atomic E-state index is 0.228. The van der Waals surface area contributed by atoms with E-state index in [1.54, 1.807) is 13.2 Å². The van der Waals surface area contributed by atoms with Crippen LogP contribution in [0.3, 0.4) is 0 Å². The zero-order valence-corrected chi connectivity index (χ0v) is 8.14. The second-order valence-electron chi connectivity index (χ2n) is 2.83. The predicted molar refractivity (Wildman–Crippen MR) is 48.4 cm³/mol. The molecule has 15 heavy (non-hydrogen) atoms. The van der Waals surface area contributed by atoms with Crippen molar-refractivity contribution in [2.24, 2.45) is 5.73 Å². The van der Waals surface area contributed by atoms with Crippen molar-refractivity contribution < 1.29 is 13.8 Å². The molecule has 7 nitrogen and oxygen atoms in total. The molecule has 0 bridgehead atoms. The van der Waals surface area contributed by atoms with E-state index in [0.29, 0.717) is 29.8 Å². The van der Waals surface area contributed by atoms with E-state index in [0.717, 1.165) is 0 Å². The molecule has 0 amide bonds. The van der Waals surface area contributed by atoms with Crippen molar-refractivity contribution >= 4 is 0 Å². The minimum atomic E-state index is 0.228. The molecule has 2 heterocycles. The highest BCUT2D eigenvalue weighted by Gasteiger charge is 2.13. The van der Waals surface area contributed by atoms with Gasteiger partial charge in [-0.3, -0.25) is 0 Å². The van der Waals surface area contributed by atoms with E-state index >= 15 is 0 Å². The normalized spacial score (nSPS) is 10.8. The van der Waals surface area contributed by atoms with Gasteiger partial charge < -0.3 is 19.5 Å². The Morgan fingerprint density at radius 2 is 2.27 bits per heavy atom. The van der Waals surface area contributed by atoms with Crippen molar-refractivity contribution in [1.82, 2.24) is 15.3 Å². The van der Waals surface area contributed by atoms with Crippen LogP contribution >= 0.6 is 0 Å². The minimum Gasteiger partial charge on any atom is -0.377 e. The first-order chi connectivity index (χ1) is 7.33. The third kappa shape index (κ3) is 2.03. The second-order valence-corrected chi connectivity index (χ2v) is 2.83. The average Bonchev–Trinajstić information content (AvgIpc) is 2.85. The number of nitrogens with two attached hydrogens (primary N) is 1. The van der Waals surface area contributed by atoms with Crippen molar-refractivity contribution in [3.8, 4) is 11.6 Å². The van der Waals surface area contributed by atoms with Gasteiger partial charge in [0.15, 0.2) is 17.3 Å². The molecule has 0 aliphatic rings. The van der Waals surface area contributed by atoms with E-state index in [1.165, 1.54) is 0 Å². The molecule has 0 spiro atoms. The summed E-state index contributed by atoms with van der Waals surface area (Å²) in [5.41, 5.74) is 5.83. The summed E-state index contributed by atoms with van der Waals surface area (Å²) in [6.45, 7) is 0.581. The number of ether oxygens (including phenoxy) is 1. The van der Waals surface area contributed by atoms with Crippen LogP contribution in [0.15, 0.2) is 15.1 Å². The van der Waals surface area contributed by atoms with Crippen molar-refractivity contribution in [3.05, 3.63) is 17.7 Å². The molecule has 0 saturated heterocycles. The van der Waals surface area contributed by atoms with Gasteiger partial charge in [-0.15, -0.1) is 0 Å². The Labute approximate surface area is 85.2 Å². The summed E-state index contributed by atoms with van der Waals surface area (Å²) in [5.74, 6) is 1.32. The molecule has 0 aliphatic heterocycles. The van der Waals surface area contributed by atoms with Crippen LogP contribution in [0.25, 0.3) is 11.6 Å². The Bertz CT molecular complexity index is 437. The average molecular weight is 210 g/mol. The quantitative estimate of drug-likeness (QED) is 0.775. The van der Waals surface area contributed by atoms with Crippen LogP contribution in [-0.2, 0) is 17.9 Å². The molecule has 0 radical (unpaired) electrons. The molecule has 0 aromatic carbocycles. The topological polar surface area (TPSA) is 100 Å². The van der Waals surface area contributed by atoms with Gasteiger partial charge in [0, 0.05) is 13.2 Å². The van der Waals surface area contributed by atoms with Gasteiger partial charge in [0.2, 0.25) is 0 Å². The smallest absolute Gasteiger partial charge is 0.280 e. The third-order valence-corrected chi connectivity index (χ3v) is 1.72. The monoisotopic (exact) mass is 210 g/mol. The number of methoxy groups -OCH3 is 1. The predicted octanol–water partition coefficient (Wildman–Crippen LogP) is 0.330. The molecule has 7 heteroatoms. The molecule has 2 aromatic rings. The summed E-state index contributed by atoms with van der Waals surface area (Å²) in [7, 11) is 1.57. The van der Waals surface area contributed by atoms with Crippen molar-refractivity contribution in [3.63, 3.8) is 0 Å². The summed E-state index contributed by atoms with van der Waals surface area (Å²) >= 11 is 0. The fourth-order valence-electron chi connectivity index (χ4n) is 1.06. The van der Waals surface area contributed by atoms with Crippen LogP contribution in [0, 0.1) is 0 Å². The lowest BCUT2D eigenvalue weighted by molar-refractivity contribution is 0.156. The first-order valence-corrected chi connectivity index (χ1v) is 4.31. The Morgan fingerprint density at radius 1 is 1.40 bits per heavy atom. The van der Waals surface area contributed by atoms with E-state index in [2.05, 4.69) is 15.3 Å². The standard InChI is InChI=1S/C8H10N4O3/c1-13-4-5-2-6(11-14-5)8-10-7(3-9)12-15-8/h2H,3-4,9H2,1H3. The third-order valence-electron chi connectivity index (χ3n) is 1.72. The maximum absolute atomic E-state index is 5.35. The van der Waals surface area contributed by atoms with Gasteiger partial charge in [0.1, 0.15) is 6.61 Å². The van der Waals surface area contributed by atoms with Crippen LogP contribution in [0.4, 0.5) is 0 Å². The number of rotatable bonds is 4. The van der Waals surface area contributed by atoms with Gasteiger partial charge in [-0.1, -0.05) is 10.3 Å². The molecule has 80 valence electrons. The maximum Gasteiger partial charge on any atom is 0.280 e. The lowest BCUT2D eigenvalue weighted by atomic mass is 10.4. The summed E-state index contributed by atoms with van der Waals surface area (Å²) in [5, 5.41) is 7.40. The maximum atomic E-state index is 5.35. The van der Waals surface area contributed by atoms with Crippen LogP contribution < -0.4 is 5.73 Å². The molecule has 0 unspecified atom stereocenters. The molecule has 0 atom stereocenters. The molecule has 2 rings (SSSR count). The zero-order chi connectivity index (χ0) is 10.7. The lowest BCUT2D eigenvalue weighted by Crippen LogP contribution is -1.97. The van der Waals surface area contributed by atoms with Crippen molar-refractivity contribution in [2.45, 2.75) is 13.2 Å². The molecular weight excluding hydrogens is 200 g/mol. The first kappa shape index (κ1) is 9.81. The number of aromatic nitrogens is 3. The summed E-state index contributed by atoms with van der Waals surface area (Å²) in [4.78, 5) is 4.01. The van der Waals surface area contributed by atoms with Crippen LogP contribution in [-0.4, -0.2) is 22.4 Å². The van der Waals surface area contributed by atoms with E-state index in [-0.39, 0.29) is 6.54 Å². The van der Waals surface area contributed by atoms with Gasteiger partial charge in [-0.25, -0.2) is 0 Å². The Balaban J connectivity index is 2.21. The second kappa shape index (κ2) is 4.20. The van der Waals surface area contributed by atoms with Gasteiger partial charge >= 0.3 is 0 Å². The Morgan fingerprint density at radius 3 is 2.93 bits per heavy atom. The summed E-state index contributed by atoms with van der Waals surface area (Å²) < 4.78 is 14.8. The van der Waals surface area contributed by atoms with Gasteiger partial charge in [-0.2, -0.15) is 4.98 Å². The zero-order valence-electron chi connectivity index (χ0n) is 8.14. The highest BCUT2D eigenvalue weighted by Crippen LogP contribution is 2.17. The van der Waals surface area contributed by atoms with Gasteiger partial charge in [0.25, 0.3) is 5.89 Å². The highest BCUT2D eigenvalue weighted by molar-refractivity contribution is 5.45. The van der Waals surface area contributed by atoms with Gasteiger partial charge in [-0.05, 0) is 0 Å². The van der Waals surface area contributed by atoms with Crippen LogP contribution in [0.2, 0.25) is 0 Å². The SMILES string of the molecule is COCc1cc(-c2nc(CN)no2)no1. The molecule has 0 aliphatic carbocycles. The van der Waals surface area contributed by atoms with E-state index in [1.807, 2.05) is 0 Å². The van der Waals surface area contributed by atoms with Crippen molar-refractivity contribution in [1.29, 1.82) is 0 Å². The van der Waals surface area contributed by atoms with Crippen LogP contribution in [0.5, 0.6) is 0 Å². The molecule has 0 fully saturated rings. The number of hydrogen-bond acceptors (Lipinski definition) is 7. The summed E-state index contributed by atoms with van der Waals surface area (Å²) in [6, 6.07) is 1.68. The Hall–Kier alpha value is -1.73. The Kier molecular flexibility index (Phi) is 2.75. The molecule has 0 saturated carbocycles. The fourth-order valence-corrected chi connectivity index (χ4v) is 1.06. The first-order valence-electron chi connectivity index (χ1n) is 4.31. The van der Waals surface area contributed by atoms with E-state index in [9.17, 15) is 0 Å². The highest BCUT2D eigenvalue weighted by atomic mass is 16.5. The van der Waals surface area contributed by atoms with Crippen LogP contribution in [0.1, 0.15) is 11.6 Å². The van der Waals surface area contributed by atoms with Gasteiger partial charge in [0.05, 0.1) is 6.54 Å². The number of hydrogen-bond donors (Lipinski definition) is 1. The van der Waals surface area contributed by atoms with E-state index in [4.69, 9.17) is 19.5 Å². The largest absolute Gasteiger partial charge is 0.377 e. The molecule has 2 N–H and O–H groups in total. The number of nitrogens with zero attached hydrogens (tertiary/aromatic N) is 3. The summed E-state index contributed by atoms with van der Waals surface area (Å²) in [6.07, 6.45) is 0. The molecular formula is C8H10N4O3. The van der Waals surface area contributed by atoms with E-state index < -0.39 is 0 Å². The lowest BCUT2D eigenvalue weighted by Gasteiger charge is -1.87. The molecule has 2 aromatic heterocycles.